The normalized spacial score (nSPS) is 15.9. The van der Waals surface area contributed by atoms with Crippen LogP contribution in [0.2, 0.25) is 0 Å². The molecule has 1 aromatic rings. The Balaban J connectivity index is 2.54. The highest BCUT2D eigenvalue weighted by Crippen LogP contribution is 2.37. The number of nitrogens with zero attached hydrogens (tertiary/aromatic N) is 1. The SMILES string of the molecule is CC(C)(C)c1cncc2c1CCS2. The third kappa shape index (κ3) is 1.60. The first-order valence-corrected chi connectivity index (χ1v) is 5.68. The third-order valence-electron chi connectivity index (χ3n) is 2.44. The van der Waals surface area contributed by atoms with Gasteiger partial charge in [0.25, 0.3) is 0 Å². The Kier molecular flexibility index (Phi) is 2.11. The summed E-state index contributed by atoms with van der Waals surface area (Å²) in [5.74, 6) is 1.23. The van der Waals surface area contributed by atoms with Gasteiger partial charge in [-0.25, -0.2) is 0 Å². The minimum absolute atomic E-state index is 0.239. The van der Waals surface area contributed by atoms with Gasteiger partial charge in [0.05, 0.1) is 0 Å². The van der Waals surface area contributed by atoms with Crippen LogP contribution in [0.4, 0.5) is 0 Å². The molecule has 1 aliphatic heterocycles. The van der Waals surface area contributed by atoms with Gasteiger partial charge in [-0.15, -0.1) is 11.8 Å². The van der Waals surface area contributed by atoms with Crippen molar-refractivity contribution >= 4 is 11.8 Å². The molecule has 0 saturated heterocycles. The zero-order valence-corrected chi connectivity index (χ0v) is 9.24. The standard InChI is InChI=1S/C11H15NS/c1-11(2,3)9-6-12-7-10-8(9)4-5-13-10/h6-7H,4-5H2,1-3H3. The van der Waals surface area contributed by atoms with E-state index in [4.69, 9.17) is 0 Å². The maximum Gasteiger partial charge on any atom is 0.0406 e. The predicted molar refractivity (Wildman–Crippen MR) is 57.4 cm³/mol. The van der Waals surface area contributed by atoms with E-state index in [2.05, 4.69) is 25.8 Å². The maximum atomic E-state index is 4.30. The second kappa shape index (κ2) is 3.02. The smallest absolute Gasteiger partial charge is 0.0406 e. The van der Waals surface area contributed by atoms with Gasteiger partial charge in [0, 0.05) is 23.0 Å². The maximum absolute atomic E-state index is 4.30. The van der Waals surface area contributed by atoms with Gasteiger partial charge in [-0.05, 0) is 23.0 Å². The molecule has 2 heteroatoms. The Labute approximate surface area is 84.0 Å². The first-order valence-electron chi connectivity index (χ1n) is 4.69. The summed E-state index contributed by atoms with van der Waals surface area (Å²) in [6.45, 7) is 6.77. The van der Waals surface area contributed by atoms with E-state index in [-0.39, 0.29) is 5.41 Å². The summed E-state index contributed by atoms with van der Waals surface area (Å²) in [7, 11) is 0. The van der Waals surface area contributed by atoms with Crippen LogP contribution in [-0.4, -0.2) is 10.7 Å². The number of pyridine rings is 1. The fourth-order valence-electron chi connectivity index (χ4n) is 1.76. The van der Waals surface area contributed by atoms with Gasteiger partial charge in [0.15, 0.2) is 0 Å². The van der Waals surface area contributed by atoms with Gasteiger partial charge in [0.2, 0.25) is 0 Å². The van der Waals surface area contributed by atoms with Gasteiger partial charge >= 0.3 is 0 Å². The van der Waals surface area contributed by atoms with Crippen LogP contribution >= 0.6 is 11.8 Å². The van der Waals surface area contributed by atoms with Gasteiger partial charge in [-0.1, -0.05) is 20.8 Å². The van der Waals surface area contributed by atoms with Crippen molar-refractivity contribution in [1.29, 1.82) is 0 Å². The molecule has 0 aromatic carbocycles. The van der Waals surface area contributed by atoms with Gasteiger partial charge in [-0.3, -0.25) is 4.98 Å². The molecule has 1 aromatic heterocycles. The zero-order valence-electron chi connectivity index (χ0n) is 8.42. The second-order valence-corrected chi connectivity index (χ2v) is 5.65. The molecule has 0 aliphatic carbocycles. The van der Waals surface area contributed by atoms with Crippen LogP contribution in [-0.2, 0) is 11.8 Å². The number of hydrogen-bond acceptors (Lipinski definition) is 2. The molecule has 2 rings (SSSR count). The average Bonchev–Trinajstić information content (AvgIpc) is 2.48. The molecule has 0 atom stereocenters. The molecule has 0 fully saturated rings. The van der Waals surface area contributed by atoms with Crippen molar-refractivity contribution in [3.05, 3.63) is 23.5 Å². The van der Waals surface area contributed by atoms with Crippen LogP contribution in [0, 0.1) is 0 Å². The largest absolute Gasteiger partial charge is 0.263 e. The fourth-order valence-corrected chi connectivity index (χ4v) is 2.81. The molecule has 1 nitrogen and oxygen atoms in total. The Hall–Kier alpha value is -0.500. The van der Waals surface area contributed by atoms with Crippen LogP contribution in [0.1, 0.15) is 31.9 Å². The molecule has 0 amide bonds. The highest BCUT2D eigenvalue weighted by atomic mass is 32.2. The lowest BCUT2D eigenvalue weighted by Crippen LogP contribution is -2.14. The summed E-state index contributed by atoms with van der Waals surface area (Å²) in [6, 6.07) is 0. The Morgan fingerprint density at radius 2 is 2.08 bits per heavy atom. The summed E-state index contributed by atoms with van der Waals surface area (Å²) in [6.07, 6.45) is 5.25. The van der Waals surface area contributed by atoms with Crippen LogP contribution in [0.5, 0.6) is 0 Å². The van der Waals surface area contributed by atoms with Crippen molar-refractivity contribution in [3.63, 3.8) is 0 Å². The summed E-state index contributed by atoms with van der Waals surface area (Å²) in [5.41, 5.74) is 3.20. The average molecular weight is 193 g/mol. The van der Waals surface area contributed by atoms with Crippen molar-refractivity contribution in [2.75, 3.05) is 5.75 Å². The summed E-state index contributed by atoms with van der Waals surface area (Å²) in [5, 5.41) is 0. The molecule has 13 heavy (non-hydrogen) atoms. The van der Waals surface area contributed by atoms with Crippen LogP contribution in [0.3, 0.4) is 0 Å². The van der Waals surface area contributed by atoms with Crippen molar-refractivity contribution in [3.8, 4) is 0 Å². The lowest BCUT2D eigenvalue weighted by molar-refractivity contribution is 0.578. The van der Waals surface area contributed by atoms with Crippen LogP contribution in [0.15, 0.2) is 17.3 Å². The molecule has 2 heterocycles. The zero-order chi connectivity index (χ0) is 9.47. The predicted octanol–water partition coefficient (Wildman–Crippen LogP) is 3.03. The number of aromatic nitrogens is 1. The van der Waals surface area contributed by atoms with E-state index in [0.717, 1.165) is 0 Å². The molecule has 0 spiro atoms. The van der Waals surface area contributed by atoms with Crippen molar-refractivity contribution in [2.24, 2.45) is 0 Å². The second-order valence-electron chi connectivity index (χ2n) is 4.51. The van der Waals surface area contributed by atoms with E-state index in [1.54, 1.807) is 0 Å². The topological polar surface area (TPSA) is 12.9 Å². The molecule has 0 N–H and O–H groups in total. The number of fused-ring (bicyclic) bond motifs is 1. The van der Waals surface area contributed by atoms with Crippen LogP contribution < -0.4 is 0 Å². The summed E-state index contributed by atoms with van der Waals surface area (Å²) < 4.78 is 0. The Morgan fingerprint density at radius 3 is 2.77 bits per heavy atom. The molecular formula is C11H15NS. The highest BCUT2D eigenvalue weighted by Gasteiger charge is 2.23. The Bertz CT molecular complexity index is 325. The van der Waals surface area contributed by atoms with E-state index >= 15 is 0 Å². The van der Waals surface area contributed by atoms with Crippen LogP contribution in [0.25, 0.3) is 0 Å². The molecule has 0 radical (unpaired) electrons. The first kappa shape index (κ1) is 9.07. The van der Waals surface area contributed by atoms with E-state index in [1.807, 2.05) is 24.2 Å². The molecular weight excluding hydrogens is 178 g/mol. The molecule has 1 aliphatic rings. The van der Waals surface area contributed by atoms with Crippen molar-refractivity contribution < 1.29 is 0 Å². The van der Waals surface area contributed by atoms with Gasteiger partial charge < -0.3 is 0 Å². The molecule has 0 unspecified atom stereocenters. The van der Waals surface area contributed by atoms with Gasteiger partial charge in [-0.2, -0.15) is 0 Å². The lowest BCUT2D eigenvalue weighted by atomic mass is 9.84. The van der Waals surface area contributed by atoms with E-state index in [9.17, 15) is 0 Å². The van der Waals surface area contributed by atoms with E-state index in [1.165, 1.54) is 28.2 Å². The molecule has 0 bridgehead atoms. The van der Waals surface area contributed by atoms with Crippen molar-refractivity contribution in [1.82, 2.24) is 4.98 Å². The quantitative estimate of drug-likeness (QED) is 0.628. The molecule has 70 valence electrons. The first-order chi connectivity index (χ1) is 6.09. The van der Waals surface area contributed by atoms with E-state index < -0.39 is 0 Å². The minimum atomic E-state index is 0.239. The summed E-state index contributed by atoms with van der Waals surface area (Å²) >= 11 is 1.94. The lowest BCUT2D eigenvalue weighted by Gasteiger charge is -2.21. The number of hydrogen-bond donors (Lipinski definition) is 0. The third-order valence-corrected chi connectivity index (χ3v) is 3.51. The monoisotopic (exact) mass is 193 g/mol. The fraction of sp³-hybridized carbons (Fsp3) is 0.545. The number of thioether (sulfide) groups is 1. The number of rotatable bonds is 0. The minimum Gasteiger partial charge on any atom is -0.263 e. The summed E-state index contributed by atoms with van der Waals surface area (Å²) in [4.78, 5) is 5.70. The van der Waals surface area contributed by atoms with Crippen molar-refractivity contribution in [2.45, 2.75) is 37.5 Å². The Morgan fingerprint density at radius 1 is 1.31 bits per heavy atom. The highest BCUT2D eigenvalue weighted by molar-refractivity contribution is 7.99. The van der Waals surface area contributed by atoms with Gasteiger partial charge in [0.1, 0.15) is 0 Å². The molecule has 0 saturated carbocycles. The van der Waals surface area contributed by atoms with E-state index in [0.29, 0.717) is 0 Å².